The van der Waals surface area contributed by atoms with E-state index < -0.39 is 17.5 Å². The van der Waals surface area contributed by atoms with Crippen molar-refractivity contribution in [2.45, 2.75) is 6.61 Å². The molecule has 0 unspecified atom stereocenters. The third-order valence-electron chi connectivity index (χ3n) is 3.86. The first kappa shape index (κ1) is 16.8. The molecule has 6 nitrogen and oxygen atoms in total. The molecule has 0 saturated heterocycles. The minimum atomic E-state index is -0.815. The number of rotatable bonds is 4. The lowest BCUT2D eigenvalue weighted by atomic mass is 10.2. The third-order valence-corrected chi connectivity index (χ3v) is 3.86. The minimum Gasteiger partial charge on any atom is -0.483 e. The minimum absolute atomic E-state index is 0.0570. The van der Waals surface area contributed by atoms with Crippen LogP contribution in [-0.4, -0.2) is 19.7 Å². The Morgan fingerprint density at radius 1 is 1.07 bits per heavy atom. The topological polar surface area (TPSA) is 78.9 Å². The van der Waals surface area contributed by atoms with Crippen molar-refractivity contribution < 1.29 is 17.9 Å². The zero-order valence-corrected chi connectivity index (χ0v) is 13.7. The second-order valence-corrected chi connectivity index (χ2v) is 5.69. The molecule has 0 saturated carbocycles. The van der Waals surface area contributed by atoms with Crippen molar-refractivity contribution in [3.05, 3.63) is 72.1 Å². The zero-order valence-electron chi connectivity index (χ0n) is 13.7. The Kier molecular flexibility index (Phi) is 4.11. The molecule has 0 spiro atoms. The van der Waals surface area contributed by atoms with Gasteiger partial charge in [0.15, 0.2) is 17.4 Å². The summed E-state index contributed by atoms with van der Waals surface area (Å²) in [5, 5.41) is 4.26. The first-order valence-corrected chi connectivity index (χ1v) is 7.84. The molecule has 0 bridgehead atoms. The fourth-order valence-corrected chi connectivity index (χ4v) is 2.64. The van der Waals surface area contributed by atoms with Crippen LogP contribution in [0.3, 0.4) is 0 Å². The van der Waals surface area contributed by atoms with Crippen LogP contribution in [0.15, 0.2) is 48.9 Å². The molecule has 0 aliphatic heterocycles. The standard InChI is InChI=1S/C18H12F3N5O/c19-11-4-10-5-16(18(22)25-17(10)13(21)6-11)27-9-14-15(7-12(20)8-23-14)26-3-1-2-24-26/h1-8H,9H2,(H2,22,25). The van der Waals surface area contributed by atoms with Crippen LogP contribution in [0.2, 0.25) is 0 Å². The SMILES string of the molecule is Nc1nc2c(F)cc(F)cc2cc1OCc1ncc(F)cc1-n1cccn1. The Morgan fingerprint density at radius 2 is 1.93 bits per heavy atom. The predicted octanol–water partition coefficient (Wildman–Crippen LogP) is 3.39. The molecule has 9 heteroatoms. The second kappa shape index (κ2) is 6.60. The number of anilines is 1. The van der Waals surface area contributed by atoms with E-state index in [4.69, 9.17) is 10.5 Å². The molecule has 0 radical (unpaired) electrons. The van der Waals surface area contributed by atoms with Gasteiger partial charge in [-0.2, -0.15) is 5.10 Å². The first-order valence-electron chi connectivity index (χ1n) is 7.84. The maximum atomic E-state index is 13.8. The summed E-state index contributed by atoms with van der Waals surface area (Å²) in [5.41, 5.74) is 6.55. The van der Waals surface area contributed by atoms with Crippen molar-refractivity contribution in [1.29, 1.82) is 0 Å². The van der Waals surface area contributed by atoms with Crippen molar-refractivity contribution in [2.75, 3.05) is 5.73 Å². The Bertz CT molecular complexity index is 1130. The number of fused-ring (bicyclic) bond motifs is 1. The van der Waals surface area contributed by atoms with Crippen LogP contribution in [-0.2, 0) is 6.61 Å². The Hall–Kier alpha value is -3.62. The number of nitrogens with two attached hydrogens (primary N) is 1. The van der Waals surface area contributed by atoms with E-state index in [9.17, 15) is 13.2 Å². The van der Waals surface area contributed by atoms with Gasteiger partial charge in [-0.05, 0) is 18.2 Å². The average Bonchev–Trinajstić information content (AvgIpc) is 3.16. The van der Waals surface area contributed by atoms with Crippen LogP contribution < -0.4 is 10.5 Å². The highest BCUT2D eigenvalue weighted by Gasteiger charge is 2.13. The van der Waals surface area contributed by atoms with Crippen LogP contribution in [0, 0.1) is 17.5 Å². The van der Waals surface area contributed by atoms with E-state index in [1.54, 1.807) is 18.5 Å². The van der Waals surface area contributed by atoms with Gasteiger partial charge in [0.05, 0.1) is 11.9 Å². The van der Waals surface area contributed by atoms with Gasteiger partial charge in [0, 0.05) is 29.9 Å². The Labute approximate surface area is 151 Å². The molecule has 2 N–H and O–H groups in total. The molecule has 4 aromatic rings. The quantitative estimate of drug-likeness (QED) is 0.595. The summed E-state index contributed by atoms with van der Waals surface area (Å²) in [7, 11) is 0. The Balaban J connectivity index is 1.67. The molecule has 1 aromatic carbocycles. The van der Waals surface area contributed by atoms with Crippen LogP contribution in [0.25, 0.3) is 16.6 Å². The number of pyridine rings is 2. The molecule has 27 heavy (non-hydrogen) atoms. The second-order valence-electron chi connectivity index (χ2n) is 5.69. The summed E-state index contributed by atoms with van der Waals surface area (Å²) in [6.45, 7) is -0.0787. The number of aromatic nitrogens is 4. The van der Waals surface area contributed by atoms with Gasteiger partial charge >= 0.3 is 0 Å². The molecule has 3 aromatic heterocycles. The van der Waals surface area contributed by atoms with E-state index in [2.05, 4.69) is 15.1 Å². The van der Waals surface area contributed by atoms with Crippen molar-refractivity contribution >= 4 is 16.7 Å². The zero-order chi connectivity index (χ0) is 19.0. The molecule has 4 rings (SSSR count). The Morgan fingerprint density at radius 3 is 2.70 bits per heavy atom. The summed E-state index contributed by atoms with van der Waals surface area (Å²) in [4.78, 5) is 7.96. The summed E-state index contributed by atoms with van der Waals surface area (Å²) >= 11 is 0. The van der Waals surface area contributed by atoms with E-state index in [-0.39, 0.29) is 29.1 Å². The maximum absolute atomic E-state index is 13.8. The van der Waals surface area contributed by atoms with Gasteiger partial charge in [-0.3, -0.25) is 4.98 Å². The number of halogens is 3. The van der Waals surface area contributed by atoms with E-state index in [1.807, 2.05) is 0 Å². The first-order chi connectivity index (χ1) is 13.0. The van der Waals surface area contributed by atoms with E-state index in [0.717, 1.165) is 18.3 Å². The molecule has 0 amide bonds. The van der Waals surface area contributed by atoms with Crippen LogP contribution >= 0.6 is 0 Å². The highest BCUT2D eigenvalue weighted by Crippen LogP contribution is 2.28. The van der Waals surface area contributed by atoms with E-state index in [0.29, 0.717) is 11.4 Å². The molecular weight excluding hydrogens is 359 g/mol. The number of benzene rings is 1. The van der Waals surface area contributed by atoms with E-state index in [1.165, 1.54) is 16.8 Å². The summed E-state index contributed by atoms with van der Waals surface area (Å²) < 4.78 is 47.9. The normalized spacial score (nSPS) is 11.1. The smallest absolute Gasteiger partial charge is 0.166 e. The third kappa shape index (κ3) is 3.26. The highest BCUT2D eigenvalue weighted by atomic mass is 19.1. The summed E-state index contributed by atoms with van der Waals surface area (Å²) in [6.07, 6.45) is 4.24. The molecule has 0 atom stereocenters. The van der Waals surface area contributed by atoms with Gasteiger partial charge in [-0.15, -0.1) is 0 Å². The molecule has 0 fully saturated rings. The largest absolute Gasteiger partial charge is 0.483 e. The van der Waals surface area contributed by atoms with Crippen LogP contribution in [0.1, 0.15) is 5.69 Å². The van der Waals surface area contributed by atoms with Gasteiger partial charge < -0.3 is 10.5 Å². The molecule has 0 aliphatic rings. The molecule has 136 valence electrons. The lowest BCUT2D eigenvalue weighted by molar-refractivity contribution is 0.301. The fourth-order valence-electron chi connectivity index (χ4n) is 2.64. The van der Waals surface area contributed by atoms with Gasteiger partial charge in [-0.25, -0.2) is 22.8 Å². The van der Waals surface area contributed by atoms with Gasteiger partial charge in [0.25, 0.3) is 0 Å². The molecular formula is C18H12F3N5O. The van der Waals surface area contributed by atoms with Gasteiger partial charge in [0.1, 0.15) is 29.5 Å². The predicted molar refractivity (Wildman–Crippen MR) is 91.7 cm³/mol. The van der Waals surface area contributed by atoms with Crippen molar-refractivity contribution in [3.63, 3.8) is 0 Å². The number of nitrogens with zero attached hydrogens (tertiary/aromatic N) is 4. The van der Waals surface area contributed by atoms with Gasteiger partial charge in [0.2, 0.25) is 0 Å². The monoisotopic (exact) mass is 371 g/mol. The lowest BCUT2D eigenvalue weighted by Gasteiger charge is -2.12. The van der Waals surface area contributed by atoms with E-state index >= 15 is 0 Å². The van der Waals surface area contributed by atoms with Gasteiger partial charge in [-0.1, -0.05) is 0 Å². The number of nitrogen functional groups attached to an aromatic ring is 1. The number of ether oxygens (including phenoxy) is 1. The highest BCUT2D eigenvalue weighted by molar-refractivity contribution is 5.83. The average molecular weight is 371 g/mol. The lowest BCUT2D eigenvalue weighted by Crippen LogP contribution is -2.08. The summed E-state index contributed by atoms with van der Waals surface area (Å²) in [6, 6.07) is 6.20. The van der Waals surface area contributed by atoms with Crippen molar-refractivity contribution in [1.82, 2.24) is 19.7 Å². The van der Waals surface area contributed by atoms with Crippen molar-refractivity contribution in [3.8, 4) is 11.4 Å². The number of hydrogen-bond donors (Lipinski definition) is 1. The van der Waals surface area contributed by atoms with Crippen molar-refractivity contribution in [2.24, 2.45) is 0 Å². The number of hydrogen-bond acceptors (Lipinski definition) is 5. The molecule has 3 heterocycles. The van der Waals surface area contributed by atoms with Crippen LogP contribution in [0.4, 0.5) is 19.0 Å². The fraction of sp³-hybridized carbons (Fsp3) is 0.0556. The maximum Gasteiger partial charge on any atom is 0.166 e. The summed E-state index contributed by atoms with van der Waals surface area (Å²) in [5.74, 6) is -2.01. The van der Waals surface area contributed by atoms with Crippen LogP contribution in [0.5, 0.6) is 5.75 Å². The molecule has 0 aliphatic carbocycles.